The van der Waals surface area contributed by atoms with E-state index in [1.54, 1.807) is 37.2 Å². The molecule has 0 aliphatic carbocycles. The van der Waals surface area contributed by atoms with Crippen LogP contribution in [-0.2, 0) is 0 Å². The Labute approximate surface area is 311 Å². The van der Waals surface area contributed by atoms with E-state index >= 15 is 0 Å². The first-order chi connectivity index (χ1) is 26.8. The highest BCUT2D eigenvalue weighted by Crippen LogP contribution is 2.43. The van der Waals surface area contributed by atoms with Gasteiger partial charge in [0.25, 0.3) is 0 Å². The van der Waals surface area contributed by atoms with Gasteiger partial charge in [0.05, 0.1) is 0 Å². The summed E-state index contributed by atoms with van der Waals surface area (Å²) in [5.41, 5.74) is 9.52. The predicted octanol–water partition coefficient (Wildman–Crippen LogP) is 11.5. The van der Waals surface area contributed by atoms with Crippen molar-refractivity contribution in [3.05, 3.63) is 183 Å². The number of benzene rings is 7. The Morgan fingerprint density at radius 1 is 0.222 bits per heavy atom. The van der Waals surface area contributed by atoms with Crippen LogP contribution < -0.4 is 0 Å². The molecule has 0 bridgehead atoms. The molecule has 6 nitrogen and oxygen atoms in total. The minimum absolute atomic E-state index is 0.702. The number of rotatable bonds is 6. The summed E-state index contributed by atoms with van der Waals surface area (Å²) in [6.45, 7) is 0. The van der Waals surface area contributed by atoms with Gasteiger partial charge in [-0.15, -0.1) is 0 Å². The standard InChI is InChI=1S/C48H30N6/c1-4-13-40(46-49-22-7-23-50-46)34(10-1)31-16-19-37-43(28-31)38-20-17-32(35-11-2-5-14-41(35)47-51-24-8-25-52-47)30-45(38)39-21-18-33(29-44(37)39)36-12-3-6-15-42(36)48-53-26-9-27-54-48/h1-30H. The first-order valence-electron chi connectivity index (χ1n) is 17.8. The molecule has 0 aliphatic rings. The van der Waals surface area contributed by atoms with E-state index in [1.807, 2.05) is 36.4 Å². The Kier molecular flexibility index (Phi) is 7.69. The van der Waals surface area contributed by atoms with Gasteiger partial charge in [-0.25, -0.2) is 29.9 Å². The van der Waals surface area contributed by atoms with Gasteiger partial charge in [0, 0.05) is 53.9 Å². The maximum atomic E-state index is 4.59. The van der Waals surface area contributed by atoms with Crippen LogP contribution in [0.5, 0.6) is 0 Å². The number of nitrogens with zero attached hydrogens (tertiary/aromatic N) is 6. The van der Waals surface area contributed by atoms with Crippen molar-refractivity contribution in [2.24, 2.45) is 0 Å². The van der Waals surface area contributed by atoms with Crippen molar-refractivity contribution in [1.82, 2.24) is 29.9 Å². The summed E-state index contributed by atoms with van der Waals surface area (Å²) in [5.74, 6) is 2.11. The molecule has 0 saturated carbocycles. The van der Waals surface area contributed by atoms with Crippen LogP contribution in [-0.4, -0.2) is 29.9 Å². The lowest BCUT2D eigenvalue weighted by Crippen LogP contribution is -1.93. The van der Waals surface area contributed by atoms with Gasteiger partial charge in [0.1, 0.15) is 0 Å². The third-order valence-electron chi connectivity index (χ3n) is 10.1. The molecule has 10 rings (SSSR count). The summed E-state index contributed by atoms with van der Waals surface area (Å²) in [5, 5.41) is 7.04. The smallest absolute Gasteiger partial charge is 0.159 e. The fraction of sp³-hybridized carbons (Fsp3) is 0. The Bertz CT molecular complexity index is 2630. The van der Waals surface area contributed by atoms with Crippen LogP contribution in [0.1, 0.15) is 0 Å². The number of hydrogen-bond donors (Lipinski definition) is 0. The van der Waals surface area contributed by atoms with Gasteiger partial charge >= 0.3 is 0 Å². The van der Waals surface area contributed by atoms with E-state index in [0.717, 1.165) is 50.1 Å². The summed E-state index contributed by atoms with van der Waals surface area (Å²) in [7, 11) is 0. The topological polar surface area (TPSA) is 77.3 Å². The van der Waals surface area contributed by atoms with E-state index in [1.165, 1.54) is 32.3 Å². The molecule has 0 saturated heterocycles. The van der Waals surface area contributed by atoms with E-state index in [4.69, 9.17) is 0 Å². The van der Waals surface area contributed by atoms with E-state index < -0.39 is 0 Å². The lowest BCUT2D eigenvalue weighted by Gasteiger charge is -2.17. The van der Waals surface area contributed by atoms with Crippen LogP contribution in [0.25, 0.3) is 99.9 Å². The Morgan fingerprint density at radius 2 is 0.481 bits per heavy atom. The van der Waals surface area contributed by atoms with E-state index in [2.05, 4.69) is 139 Å². The molecule has 0 aliphatic heterocycles. The van der Waals surface area contributed by atoms with Gasteiger partial charge in [-0.3, -0.25) is 0 Å². The molecule has 0 spiro atoms. The third-order valence-corrected chi connectivity index (χ3v) is 10.1. The number of aromatic nitrogens is 6. The average Bonchev–Trinajstić information content (AvgIpc) is 3.27. The van der Waals surface area contributed by atoms with E-state index in [-0.39, 0.29) is 0 Å². The highest BCUT2D eigenvalue weighted by Gasteiger charge is 2.17. The van der Waals surface area contributed by atoms with Crippen molar-refractivity contribution < 1.29 is 0 Å². The molecule has 252 valence electrons. The molecule has 0 fully saturated rings. The monoisotopic (exact) mass is 690 g/mol. The zero-order valence-electron chi connectivity index (χ0n) is 29.0. The van der Waals surface area contributed by atoms with Crippen molar-refractivity contribution in [2.45, 2.75) is 0 Å². The molecule has 0 radical (unpaired) electrons. The Hall–Kier alpha value is -7.44. The largest absolute Gasteiger partial charge is 0.237 e. The summed E-state index contributed by atoms with van der Waals surface area (Å²) in [6.07, 6.45) is 10.7. The lowest BCUT2D eigenvalue weighted by molar-refractivity contribution is 1.18. The zero-order chi connectivity index (χ0) is 35.8. The van der Waals surface area contributed by atoms with E-state index in [0.29, 0.717) is 17.5 Å². The second kappa shape index (κ2) is 13.3. The van der Waals surface area contributed by atoms with Gasteiger partial charge in [0.15, 0.2) is 17.5 Å². The van der Waals surface area contributed by atoms with Crippen molar-refractivity contribution in [3.63, 3.8) is 0 Å². The average molecular weight is 691 g/mol. The first kappa shape index (κ1) is 31.3. The van der Waals surface area contributed by atoms with Crippen molar-refractivity contribution in [1.29, 1.82) is 0 Å². The zero-order valence-corrected chi connectivity index (χ0v) is 29.0. The third kappa shape index (κ3) is 5.45. The quantitative estimate of drug-likeness (QED) is 0.162. The van der Waals surface area contributed by atoms with Gasteiger partial charge < -0.3 is 0 Å². The Morgan fingerprint density at radius 3 is 0.759 bits per heavy atom. The van der Waals surface area contributed by atoms with Crippen molar-refractivity contribution in [2.75, 3.05) is 0 Å². The summed E-state index contributed by atoms with van der Waals surface area (Å²) in [4.78, 5) is 27.6. The summed E-state index contributed by atoms with van der Waals surface area (Å²) in [6, 6.07) is 51.0. The van der Waals surface area contributed by atoms with Gasteiger partial charge in [-0.2, -0.15) is 0 Å². The molecule has 3 aromatic heterocycles. The van der Waals surface area contributed by atoms with Gasteiger partial charge in [-0.05, 0) is 102 Å². The fourth-order valence-electron chi connectivity index (χ4n) is 7.61. The first-order valence-corrected chi connectivity index (χ1v) is 17.8. The molecule has 7 aromatic carbocycles. The lowest BCUT2D eigenvalue weighted by atomic mass is 9.87. The molecule has 0 unspecified atom stereocenters. The van der Waals surface area contributed by atoms with Gasteiger partial charge in [-0.1, -0.05) is 109 Å². The number of fused-ring (bicyclic) bond motifs is 6. The molecule has 3 heterocycles. The second-order valence-corrected chi connectivity index (χ2v) is 13.1. The summed E-state index contributed by atoms with van der Waals surface area (Å²) >= 11 is 0. The molecule has 6 heteroatoms. The highest BCUT2D eigenvalue weighted by atomic mass is 14.9. The molecule has 54 heavy (non-hydrogen) atoms. The maximum Gasteiger partial charge on any atom is 0.159 e. The molecule has 0 atom stereocenters. The fourth-order valence-corrected chi connectivity index (χ4v) is 7.61. The van der Waals surface area contributed by atoms with Crippen LogP contribution in [0.2, 0.25) is 0 Å². The second-order valence-electron chi connectivity index (χ2n) is 13.1. The molecule has 0 amide bonds. The van der Waals surface area contributed by atoms with Crippen LogP contribution in [0.3, 0.4) is 0 Å². The van der Waals surface area contributed by atoms with Crippen LogP contribution in [0, 0.1) is 0 Å². The van der Waals surface area contributed by atoms with Gasteiger partial charge in [0.2, 0.25) is 0 Å². The van der Waals surface area contributed by atoms with E-state index in [9.17, 15) is 0 Å². The summed E-state index contributed by atoms with van der Waals surface area (Å²) < 4.78 is 0. The minimum Gasteiger partial charge on any atom is -0.237 e. The van der Waals surface area contributed by atoms with Crippen LogP contribution in [0.4, 0.5) is 0 Å². The molecule has 0 N–H and O–H groups in total. The molecular formula is C48H30N6. The maximum absolute atomic E-state index is 4.59. The van der Waals surface area contributed by atoms with Crippen molar-refractivity contribution in [3.8, 4) is 67.5 Å². The predicted molar refractivity (Wildman–Crippen MR) is 218 cm³/mol. The minimum atomic E-state index is 0.702. The normalized spacial score (nSPS) is 11.3. The highest BCUT2D eigenvalue weighted by molar-refractivity contribution is 6.27. The van der Waals surface area contributed by atoms with Crippen molar-refractivity contribution >= 4 is 32.3 Å². The SMILES string of the molecule is c1cnc(-c2ccccc2-c2ccc3c(c2)c2ccc(-c4ccccc4-c4ncccn4)cc2c2ccc(-c4ccccc4-c4ncccn4)cc32)nc1. The molecule has 10 aromatic rings. The number of hydrogen-bond acceptors (Lipinski definition) is 6. The van der Waals surface area contributed by atoms with Crippen LogP contribution >= 0.6 is 0 Å². The molecular weight excluding hydrogens is 661 g/mol. The van der Waals surface area contributed by atoms with Crippen LogP contribution in [0.15, 0.2) is 183 Å². The Balaban J connectivity index is 1.24.